The van der Waals surface area contributed by atoms with Gasteiger partial charge in [0.15, 0.2) is 0 Å². The number of hydrogen-bond acceptors (Lipinski definition) is 6. The van der Waals surface area contributed by atoms with Crippen LogP contribution < -0.4 is 11.1 Å². The zero-order valence-electron chi connectivity index (χ0n) is 11.1. The van der Waals surface area contributed by atoms with Crippen molar-refractivity contribution in [2.75, 3.05) is 19.5 Å². The number of hydrogen-bond donors (Lipinski definition) is 3. The molecule has 0 bridgehead atoms. The van der Waals surface area contributed by atoms with Crippen molar-refractivity contribution < 1.29 is 28.3 Å². The van der Waals surface area contributed by atoms with Gasteiger partial charge in [0.2, 0.25) is 5.91 Å². The van der Waals surface area contributed by atoms with Gasteiger partial charge < -0.3 is 25.2 Å². The molecule has 0 unspecified atom stereocenters. The van der Waals surface area contributed by atoms with E-state index in [0.717, 1.165) is 0 Å². The summed E-state index contributed by atoms with van der Waals surface area (Å²) < 4.78 is 22.0. The number of carbonyl (C=O) groups is 2. The minimum absolute atomic E-state index is 0.00867. The van der Waals surface area contributed by atoms with E-state index in [1.165, 1.54) is 0 Å². The predicted molar refractivity (Wildman–Crippen MR) is 68.7 cm³/mol. The molecule has 0 aliphatic heterocycles. The summed E-state index contributed by atoms with van der Waals surface area (Å²) in [5.41, 5.74) is 5.50. The maximum atomic E-state index is 12.0. The largest absolute Gasteiger partial charge is 0.481 e. The molecule has 0 saturated carbocycles. The molecule has 0 heterocycles. The monoisotopic (exact) mass is 296 g/mol. The van der Waals surface area contributed by atoms with Crippen LogP contribution >= 0.6 is 7.60 Å². The van der Waals surface area contributed by atoms with E-state index in [2.05, 4.69) is 5.32 Å². The minimum Gasteiger partial charge on any atom is -0.481 e. The molecule has 0 saturated heterocycles. The van der Waals surface area contributed by atoms with Gasteiger partial charge in [-0.3, -0.25) is 14.2 Å². The van der Waals surface area contributed by atoms with Gasteiger partial charge in [-0.25, -0.2) is 0 Å². The Balaban J connectivity index is 4.24. The standard InChI is InChI=1S/C10H21N2O6P/c1-3-17-19(16,18-4-2)7-12-10(15)8(11)5-6-9(13)14/h8H,3-7,11H2,1-2H3,(H,12,15)(H,13,14)/t8-/m0/s1. The quantitative estimate of drug-likeness (QED) is 0.501. The first-order chi connectivity index (χ1) is 8.84. The summed E-state index contributed by atoms with van der Waals surface area (Å²) >= 11 is 0. The third-order valence-corrected chi connectivity index (χ3v) is 3.95. The summed E-state index contributed by atoms with van der Waals surface area (Å²) in [6.07, 6.45) is -0.480. The summed E-state index contributed by atoms with van der Waals surface area (Å²) in [5, 5.41) is 10.8. The van der Waals surface area contributed by atoms with Crippen LogP contribution in [0.3, 0.4) is 0 Å². The van der Waals surface area contributed by atoms with Crippen LogP contribution in [0.5, 0.6) is 0 Å². The average Bonchev–Trinajstić information content (AvgIpc) is 2.33. The van der Waals surface area contributed by atoms with Crippen LogP contribution in [-0.4, -0.2) is 42.5 Å². The Hall–Kier alpha value is -0.950. The number of carbonyl (C=O) groups excluding carboxylic acids is 1. The van der Waals surface area contributed by atoms with E-state index in [9.17, 15) is 14.2 Å². The van der Waals surface area contributed by atoms with Crippen LogP contribution in [0.2, 0.25) is 0 Å². The highest BCUT2D eigenvalue weighted by Crippen LogP contribution is 2.46. The van der Waals surface area contributed by atoms with Gasteiger partial charge in [-0.15, -0.1) is 0 Å². The van der Waals surface area contributed by atoms with E-state index < -0.39 is 25.5 Å². The molecule has 0 aromatic rings. The second-order valence-corrected chi connectivity index (χ2v) is 5.74. The Morgan fingerprint density at radius 2 is 1.84 bits per heavy atom. The second kappa shape index (κ2) is 9.03. The third kappa shape index (κ3) is 7.94. The number of nitrogens with one attached hydrogen (secondary N) is 1. The molecule has 0 aromatic heterocycles. The molecule has 1 atom stereocenters. The van der Waals surface area contributed by atoms with Crippen molar-refractivity contribution in [2.45, 2.75) is 32.7 Å². The second-order valence-electron chi connectivity index (χ2n) is 3.68. The van der Waals surface area contributed by atoms with E-state index >= 15 is 0 Å². The molecule has 19 heavy (non-hydrogen) atoms. The number of rotatable bonds is 10. The van der Waals surface area contributed by atoms with Crippen LogP contribution in [0.4, 0.5) is 0 Å². The lowest BCUT2D eigenvalue weighted by molar-refractivity contribution is -0.137. The molecule has 0 aliphatic rings. The van der Waals surface area contributed by atoms with E-state index in [0.29, 0.717) is 0 Å². The fourth-order valence-corrected chi connectivity index (χ4v) is 2.63. The molecule has 112 valence electrons. The molecule has 0 aliphatic carbocycles. The van der Waals surface area contributed by atoms with Crippen LogP contribution in [0, 0.1) is 0 Å². The van der Waals surface area contributed by atoms with Gasteiger partial charge in [-0.1, -0.05) is 0 Å². The van der Waals surface area contributed by atoms with Crippen molar-refractivity contribution in [3.8, 4) is 0 Å². The molecular formula is C10H21N2O6P. The van der Waals surface area contributed by atoms with Crippen LogP contribution in [0.15, 0.2) is 0 Å². The number of amides is 1. The van der Waals surface area contributed by atoms with Crippen LogP contribution in [0.1, 0.15) is 26.7 Å². The predicted octanol–water partition coefficient (Wildman–Crippen LogP) is 0.518. The maximum absolute atomic E-state index is 12.0. The summed E-state index contributed by atoms with van der Waals surface area (Å²) in [6, 6.07) is -0.965. The summed E-state index contributed by atoms with van der Waals surface area (Å²) in [4.78, 5) is 21.9. The van der Waals surface area contributed by atoms with Crippen molar-refractivity contribution in [1.82, 2.24) is 5.32 Å². The Morgan fingerprint density at radius 3 is 2.26 bits per heavy atom. The molecule has 4 N–H and O–H groups in total. The number of nitrogens with two attached hydrogens (primary N) is 1. The first kappa shape index (κ1) is 18.0. The SMILES string of the molecule is CCOP(=O)(CNC(=O)[C@@H](N)CCC(=O)O)OCC. The van der Waals surface area contributed by atoms with Gasteiger partial charge in [-0.2, -0.15) is 0 Å². The third-order valence-electron chi connectivity index (χ3n) is 2.10. The first-order valence-electron chi connectivity index (χ1n) is 5.97. The zero-order chi connectivity index (χ0) is 14.9. The number of carboxylic acid groups (broad SMARTS) is 1. The fourth-order valence-electron chi connectivity index (χ4n) is 1.24. The number of aliphatic carboxylic acids is 1. The normalized spacial score (nSPS) is 13.0. The van der Waals surface area contributed by atoms with Crippen molar-refractivity contribution in [1.29, 1.82) is 0 Å². The maximum Gasteiger partial charge on any atom is 0.349 e. The van der Waals surface area contributed by atoms with Gasteiger partial charge in [0.05, 0.1) is 19.3 Å². The molecule has 1 amide bonds. The molecular weight excluding hydrogens is 275 g/mol. The molecule has 9 heteroatoms. The summed E-state index contributed by atoms with van der Waals surface area (Å²) in [7, 11) is -3.35. The lowest BCUT2D eigenvalue weighted by Crippen LogP contribution is -2.41. The van der Waals surface area contributed by atoms with Crippen LogP contribution in [-0.2, 0) is 23.2 Å². The highest BCUT2D eigenvalue weighted by Gasteiger charge is 2.25. The highest BCUT2D eigenvalue weighted by molar-refractivity contribution is 7.53. The molecule has 8 nitrogen and oxygen atoms in total. The summed E-state index contributed by atoms with van der Waals surface area (Å²) in [5.74, 6) is -1.61. The lowest BCUT2D eigenvalue weighted by atomic mass is 10.1. The van der Waals surface area contributed by atoms with E-state index in [-0.39, 0.29) is 32.3 Å². The molecule has 0 spiro atoms. The number of carboxylic acids is 1. The van der Waals surface area contributed by atoms with Crippen molar-refractivity contribution >= 4 is 19.5 Å². The van der Waals surface area contributed by atoms with Crippen molar-refractivity contribution in [3.63, 3.8) is 0 Å². The average molecular weight is 296 g/mol. The Morgan fingerprint density at radius 1 is 1.32 bits per heavy atom. The van der Waals surface area contributed by atoms with Gasteiger partial charge in [0.25, 0.3) is 0 Å². The lowest BCUT2D eigenvalue weighted by Gasteiger charge is -2.18. The Labute approximate surface area is 112 Å². The van der Waals surface area contributed by atoms with E-state index in [1.807, 2.05) is 0 Å². The topological polar surface area (TPSA) is 128 Å². The van der Waals surface area contributed by atoms with Crippen LogP contribution in [0.25, 0.3) is 0 Å². The molecule has 0 fully saturated rings. The molecule has 0 radical (unpaired) electrons. The first-order valence-corrected chi connectivity index (χ1v) is 7.70. The molecule has 0 rings (SSSR count). The van der Waals surface area contributed by atoms with Gasteiger partial charge in [0.1, 0.15) is 6.29 Å². The summed E-state index contributed by atoms with van der Waals surface area (Å²) in [6.45, 7) is 3.70. The van der Waals surface area contributed by atoms with E-state index in [4.69, 9.17) is 19.9 Å². The van der Waals surface area contributed by atoms with Gasteiger partial charge >= 0.3 is 13.6 Å². The van der Waals surface area contributed by atoms with Gasteiger partial charge in [-0.05, 0) is 20.3 Å². The Kier molecular flexibility index (Phi) is 8.58. The highest BCUT2D eigenvalue weighted by atomic mass is 31.2. The zero-order valence-corrected chi connectivity index (χ0v) is 12.0. The molecule has 0 aromatic carbocycles. The fraction of sp³-hybridized carbons (Fsp3) is 0.800. The smallest absolute Gasteiger partial charge is 0.349 e. The van der Waals surface area contributed by atoms with E-state index in [1.54, 1.807) is 13.8 Å². The van der Waals surface area contributed by atoms with Gasteiger partial charge in [0, 0.05) is 6.42 Å². The Bertz CT molecular complexity index is 339. The van der Waals surface area contributed by atoms with Crippen molar-refractivity contribution in [2.24, 2.45) is 5.73 Å². The minimum atomic E-state index is -3.35. The van der Waals surface area contributed by atoms with Crippen molar-refractivity contribution in [3.05, 3.63) is 0 Å².